The number of ether oxygens (including phenoxy) is 1. The molecule has 0 aliphatic carbocycles. The molecule has 1 aliphatic rings. The first-order valence-corrected chi connectivity index (χ1v) is 8.67. The quantitative estimate of drug-likeness (QED) is 0.767. The van der Waals surface area contributed by atoms with Crippen molar-refractivity contribution >= 4 is 16.0 Å². The second kappa shape index (κ2) is 6.87. The molecule has 1 N–H and O–H groups in total. The summed E-state index contributed by atoms with van der Waals surface area (Å²) in [5.41, 5.74) is -0.763. The average molecular weight is 307 g/mol. The largest absolute Gasteiger partial charge is 0.481 e. The van der Waals surface area contributed by atoms with E-state index in [-0.39, 0.29) is 31.6 Å². The van der Waals surface area contributed by atoms with Crippen molar-refractivity contribution in [3.05, 3.63) is 0 Å². The molecule has 0 spiro atoms. The van der Waals surface area contributed by atoms with Gasteiger partial charge in [-0.3, -0.25) is 4.79 Å². The third-order valence-corrected chi connectivity index (χ3v) is 5.83. The van der Waals surface area contributed by atoms with Crippen LogP contribution in [0.3, 0.4) is 0 Å². The van der Waals surface area contributed by atoms with Crippen LogP contribution in [0.25, 0.3) is 0 Å². The Hall–Kier alpha value is -0.660. The van der Waals surface area contributed by atoms with Gasteiger partial charge in [0.05, 0.1) is 23.9 Å². The Morgan fingerprint density at radius 1 is 1.35 bits per heavy atom. The van der Waals surface area contributed by atoms with E-state index in [9.17, 15) is 18.3 Å². The lowest BCUT2D eigenvalue weighted by atomic mass is 9.77. The minimum absolute atomic E-state index is 0.00584. The van der Waals surface area contributed by atoms with Gasteiger partial charge in [0.25, 0.3) is 0 Å². The molecule has 1 aliphatic heterocycles. The molecule has 0 bridgehead atoms. The standard InChI is InChI=1S/C13H25NO5S/c1-4-13(12(15)16)5-7-14(8-6-13)20(17,18)10-9-19-11(2)3/h11H,4-10H2,1-3H3,(H,15,16). The predicted molar refractivity (Wildman–Crippen MR) is 76.0 cm³/mol. The zero-order valence-corrected chi connectivity index (χ0v) is 13.3. The maximum atomic E-state index is 12.1. The summed E-state index contributed by atoms with van der Waals surface area (Å²) < 4.78 is 30.9. The molecule has 1 rings (SSSR count). The first-order chi connectivity index (χ1) is 9.23. The summed E-state index contributed by atoms with van der Waals surface area (Å²) in [6.45, 7) is 6.30. The third-order valence-electron chi connectivity index (χ3n) is 4.00. The van der Waals surface area contributed by atoms with Crippen molar-refractivity contribution in [2.24, 2.45) is 5.41 Å². The van der Waals surface area contributed by atoms with E-state index < -0.39 is 21.4 Å². The number of carboxylic acid groups (broad SMARTS) is 1. The number of carboxylic acids is 1. The number of hydrogen-bond acceptors (Lipinski definition) is 4. The molecule has 7 heteroatoms. The van der Waals surface area contributed by atoms with Gasteiger partial charge in [0.2, 0.25) is 10.0 Å². The number of rotatable bonds is 7. The molecule has 1 fully saturated rings. The minimum Gasteiger partial charge on any atom is -0.481 e. The summed E-state index contributed by atoms with van der Waals surface area (Å²) in [6, 6.07) is 0. The van der Waals surface area contributed by atoms with E-state index in [4.69, 9.17) is 4.74 Å². The van der Waals surface area contributed by atoms with E-state index in [1.54, 1.807) is 0 Å². The lowest BCUT2D eigenvalue weighted by molar-refractivity contribution is -0.151. The van der Waals surface area contributed by atoms with Gasteiger partial charge in [0, 0.05) is 13.1 Å². The van der Waals surface area contributed by atoms with Gasteiger partial charge in [-0.15, -0.1) is 0 Å². The fourth-order valence-corrected chi connectivity index (χ4v) is 3.73. The van der Waals surface area contributed by atoms with Crippen molar-refractivity contribution in [3.8, 4) is 0 Å². The number of carbonyl (C=O) groups is 1. The summed E-state index contributed by atoms with van der Waals surface area (Å²) in [5, 5.41) is 9.29. The normalized spacial score (nSPS) is 20.2. The fraction of sp³-hybridized carbons (Fsp3) is 0.923. The van der Waals surface area contributed by atoms with E-state index in [0.29, 0.717) is 19.3 Å². The SMILES string of the molecule is CCC1(C(=O)O)CCN(S(=O)(=O)CCOC(C)C)CC1. The van der Waals surface area contributed by atoms with Gasteiger partial charge in [0.15, 0.2) is 0 Å². The predicted octanol–water partition coefficient (Wildman–Crippen LogP) is 1.32. The molecule has 0 aromatic heterocycles. The van der Waals surface area contributed by atoms with Crippen molar-refractivity contribution in [3.63, 3.8) is 0 Å². The highest BCUT2D eigenvalue weighted by atomic mass is 32.2. The van der Waals surface area contributed by atoms with Crippen LogP contribution in [0.15, 0.2) is 0 Å². The summed E-state index contributed by atoms with van der Waals surface area (Å²) in [4.78, 5) is 11.3. The molecule has 0 aromatic carbocycles. The van der Waals surface area contributed by atoms with Crippen molar-refractivity contribution in [1.82, 2.24) is 4.31 Å². The molecule has 0 saturated carbocycles. The monoisotopic (exact) mass is 307 g/mol. The van der Waals surface area contributed by atoms with Crippen molar-refractivity contribution in [1.29, 1.82) is 0 Å². The van der Waals surface area contributed by atoms with E-state index >= 15 is 0 Å². The molecule has 0 unspecified atom stereocenters. The Morgan fingerprint density at radius 2 is 1.90 bits per heavy atom. The highest BCUT2D eigenvalue weighted by molar-refractivity contribution is 7.89. The molecule has 118 valence electrons. The lowest BCUT2D eigenvalue weighted by Gasteiger charge is -2.37. The highest BCUT2D eigenvalue weighted by Gasteiger charge is 2.42. The van der Waals surface area contributed by atoms with E-state index in [2.05, 4.69) is 0 Å². The summed E-state index contributed by atoms with van der Waals surface area (Å²) in [5.74, 6) is -0.864. The maximum absolute atomic E-state index is 12.1. The van der Waals surface area contributed by atoms with Crippen LogP contribution in [0.1, 0.15) is 40.0 Å². The molecular weight excluding hydrogens is 282 g/mol. The Labute approximate surface area is 121 Å². The number of aliphatic carboxylic acids is 1. The molecule has 6 nitrogen and oxygen atoms in total. The molecule has 0 radical (unpaired) electrons. The van der Waals surface area contributed by atoms with E-state index in [1.807, 2.05) is 20.8 Å². The zero-order valence-electron chi connectivity index (χ0n) is 12.5. The minimum atomic E-state index is -3.35. The van der Waals surface area contributed by atoms with Gasteiger partial charge < -0.3 is 9.84 Å². The topological polar surface area (TPSA) is 83.9 Å². The number of nitrogens with zero attached hydrogens (tertiary/aromatic N) is 1. The van der Waals surface area contributed by atoms with E-state index in [0.717, 1.165) is 0 Å². The van der Waals surface area contributed by atoms with Gasteiger partial charge in [0.1, 0.15) is 0 Å². The summed E-state index contributed by atoms with van der Waals surface area (Å²) >= 11 is 0. The number of sulfonamides is 1. The summed E-state index contributed by atoms with van der Waals surface area (Å²) in [6.07, 6.45) is 1.30. The molecule has 0 aromatic rings. The Kier molecular flexibility index (Phi) is 5.97. The molecule has 1 heterocycles. The van der Waals surface area contributed by atoms with Gasteiger partial charge in [-0.2, -0.15) is 0 Å². The van der Waals surface area contributed by atoms with Crippen LogP contribution in [0.4, 0.5) is 0 Å². The Bertz CT molecular complexity index is 424. The van der Waals surface area contributed by atoms with Crippen LogP contribution in [0.2, 0.25) is 0 Å². The van der Waals surface area contributed by atoms with Gasteiger partial charge in [-0.1, -0.05) is 6.92 Å². The van der Waals surface area contributed by atoms with Crippen LogP contribution in [-0.4, -0.2) is 55.4 Å². The van der Waals surface area contributed by atoms with Crippen molar-refractivity contribution < 1.29 is 23.1 Å². The highest BCUT2D eigenvalue weighted by Crippen LogP contribution is 2.35. The molecular formula is C13H25NO5S. The van der Waals surface area contributed by atoms with Gasteiger partial charge in [-0.25, -0.2) is 12.7 Å². The second-order valence-electron chi connectivity index (χ2n) is 5.57. The first-order valence-electron chi connectivity index (χ1n) is 7.06. The van der Waals surface area contributed by atoms with E-state index in [1.165, 1.54) is 4.31 Å². The summed E-state index contributed by atoms with van der Waals surface area (Å²) in [7, 11) is -3.35. The Morgan fingerprint density at radius 3 is 2.30 bits per heavy atom. The second-order valence-corrected chi connectivity index (χ2v) is 7.66. The lowest BCUT2D eigenvalue weighted by Crippen LogP contribution is -2.47. The smallest absolute Gasteiger partial charge is 0.309 e. The molecule has 0 amide bonds. The molecule has 20 heavy (non-hydrogen) atoms. The maximum Gasteiger partial charge on any atom is 0.309 e. The molecule has 1 saturated heterocycles. The van der Waals surface area contributed by atoms with Gasteiger partial charge in [-0.05, 0) is 33.1 Å². The third kappa shape index (κ3) is 4.17. The Balaban J connectivity index is 2.57. The fourth-order valence-electron chi connectivity index (χ4n) is 2.43. The number of piperidine rings is 1. The van der Waals surface area contributed by atoms with Crippen LogP contribution in [0, 0.1) is 5.41 Å². The molecule has 0 atom stereocenters. The average Bonchev–Trinajstić information content (AvgIpc) is 2.37. The van der Waals surface area contributed by atoms with Crippen molar-refractivity contribution in [2.45, 2.75) is 46.1 Å². The first kappa shape index (κ1) is 17.4. The van der Waals surface area contributed by atoms with Crippen molar-refractivity contribution in [2.75, 3.05) is 25.4 Å². The number of hydrogen-bond donors (Lipinski definition) is 1. The van der Waals surface area contributed by atoms with Crippen LogP contribution < -0.4 is 0 Å². The van der Waals surface area contributed by atoms with Gasteiger partial charge >= 0.3 is 5.97 Å². The zero-order chi connectivity index (χ0) is 15.4. The van der Waals surface area contributed by atoms with Crippen LogP contribution in [-0.2, 0) is 19.6 Å². The van der Waals surface area contributed by atoms with Crippen LogP contribution >= 0.6 is 0 Å². The van der Waals surface area contributed by atoms with Crippen LogP contribution in [0.5, 0.6) is 0 Å².